The first-order chi connectivity index (χ1) is 13.7. The molecule has 1 amide bonds. The summed E-state index contributed by atoms with van der Waals surface area (Å²) < 4.78 is 15.2. The highest BCUT2D eigenvalue weighted by Gasteiger charge is 2.17. The van der Waals surface area contributed by atoms with Gasteiger partial charge in [0, 0.05) is 22.8 Å². The fourth-order valence-electron chi connectivity index (χ4n) is 2.53. The lowest BCUT2D eigenvalue weighted by molar-refractivity contribution is -0.113. The molecule has 0 aliphatic carbocycles. The first-order valence-corrected chi connectivity index (χ1v) is 10.2. The summed E-state index contributed by atoms with van der Waals surface area (Å²) in [4.78, 5) is 16.2. The second kappa shape index (κ2) is 8.32. The number of anilines is 1. The van der Waals surface area contributed by atoms with E-state index in [2.05, 4.69) is 20.5 Å². The summed E-state index contributed by atoms with van der Waals surface area (Å²) in [5.74, 6) is 0.258. The molecule has 140 valence electrons. The topological polar surface area (TPSA) is 72.7 Å². The number of benzene rings is 2. The first-order valence-electron chi connectivity index (χ1n) is 8.29. The summed E-state index contributed by atoms with van der Waals surface area (Å²) in [7, 11) is 0. The van der Waals surface area contributed by atoms with Gasteiger partial charge in [0.1, 0.15) is 5.82 Å². The Hall–Kier alpha value is -3.04. The zero-order valence-electron chi connectivity index (χ0n) is 14.4. The molecule has 4 rings (SSSR count). The molecule has 4 aromatic rings. The van der Waals surface area contributed by atoms with Crippen molar-refractivity contribution in [2.45, 2.75) is 5.16 Å². The highest BCUT2D eigenvalue weighted by molar-refractivity contribution is 7.99. The average molecular weight is 411 g/mol. The van der Waals surface area contributed by atoms with Crippen molar-refractivity contribution in [1.29, 1.82) is 0 Å². The van der Waals surface area contributed by atoms with Crippen LogP contribution in [0.4, 0.5) is 9.52 Å². The van der Waals surface area contributed by atoms with Gasteiger partial charge < -0.3 is 5.32 Å². The van der Waals surface area contributed by atoms with Crippen LogP contribution in [0.3, 0.4) is 0 Å². The molecule has 2 aromatic carbocycles. The van der Waals surface area contributed by atoms with Gasteiger partial charge in [-0.3, -0.25) is 9.36 Å². The Bertz CT molecular complexity index is 1070. The number of carbonyl (C=O) groups excluding carboxylic acids is 1. The van der Waals surface area contributed by atoms with Gasteiger partial charge >= 0.3 is 0 Å². The number of hydrogen-bond acceptors (Lipinski definition) is 6. The van der Waals surface area contributed by atoms with Gasteiger partial charge in [0.25, 0.3) is 0 Å². The SMILES string of the molecule is O=C(CSc1nnc(-c2ccccc2)n1-c1ccc(F)cc1)Nc1nccs1. The molecule has 0 radical (unpaired) electrons. The first kappa shape index (κ1) is 18.3. The number of rotatable bonds is 6. The Labute approximate surface area is 168 Å². The van der Waals surface area contributed by atoms with Crippen LogP contribution in [0.5, 0.6) is 0 Å². The minimum atomic E-state index is -0.324. The van der Waals surface area contributed by atoms with Crippen LogP contribution in [0.1, 0.15) is 0 Å². The smallest absolute Gasteiger partial charge is 0.236 e. The van der Waals surface area contributed by atoms with Crippen molar-refractivity contribution >= 4 is 34.1 Å². The number of nitrogens with zero attached hydrogens (tertiary/aromatic N) is 4. The summed E-state index contributed by atoms with van der Waals surface area (Å²) >= 11 is 2.61. The predicted octanol–water partition coefficient (Wildman–Crippen LogP) is 4.26. The number of thiazole rings is 1. The molecule has 2 aromatic heterocycles. The largest absolute Gasteiger partial charge is 0.301 e. The lowest BCUT2D eigenvalue weighted by Crippen LogP contribution is -2.14. The van der Waals surface area contributed by atoms with Gasteiger partial charge in [-0.25, -0.2) is 9.37 Å². The highest BCUT2D eigenvalue weighted by Crippen LogP contribution is 2.28. The molecule has 0 unspecified atom stereocenters. The quantitative estimate of drug-likeness (QED) is 0.480. The number of halogens is 1. The van der Waals surface area contributed by atoms with Gasteiger partial charge in [-0.15, -0.1) is 21.5 Å². The molecule has 0 bridgehead atoms. The van der Waals surface area contributed by atoms with Crippen LogP contribution in [0, 0.1) is 5.82 Å². The normalized spacial score (nSPS) is 10.8. The van der Waals surface area contributed by atoms with E-state index >= 15 is 0 Å². The van der Waals surface area contributed by atoms with Gasteiger partial charge in [-0.1, -0.05) is 42.1 Å². The lowest BCUT2D eigenvalue weighted by atomic mass is 10.2. The molecule has 0 spiro atoms. The summed E-state index contributed by atoms with van der Waals surface area (Å²) in [6.45, 7) is 0. The van der Waals surface area contributed by atoms with E-state index in [0.717, 1.165) is 5.56 Å². The minimum Gasteiger partial charge on any atom is -0.301 e. The van der Waals surface area contributed by atoms with E-state index in [1.54, 1.807) is 23.7 Å². The molecular weight excluding hydrogens is 397 g/mol. The Morgan fingerprint density at radius 2 is 1.89 bits per heavy atom. The van der Waals surface area contributed by atoms with Crippen molar-refractivity contribution in [3.8, 4) is 17.1 Å². The van der Waals surface area contributed by atoms with Gasteiger partial charge in [0.15, 0.2) is 16.1 Å². The van der Waals surface area contributed by atoms with Crippen LogP contribution in [-0.2, 0) is 4.79 Å². The summed E-state index contributed by atoms with van der Waals surface area (Å²) in [6, 6.07) is 15.7. The number of aromatic nitrogens is 4. The van der Waals surface area contributed by atoms with Crippen molar-refractivity contribution in [3.05, 3.63) is 72.0 Å². The number of thioether (sulfide) groups is 1. The number of nitrogens with one attached hydrogen (secondary N) is 1. The maximum absolute atomic E-state index is 13.4. The molecule has 0 atom stereocenters. The van der Waals surface area contributed by atoms with E-state index in [1.165, 1.54) is 35.2 Å². The third-order valence-electron chi connectivity index (χ3n) is 3.76. The van der Waals surface area contributed by atoms with Crippen molar-refractivity contribution in [2.24, 2.45) is 0 Å². The van der Waals surface area contributed by atoms with E-state index < -0.39 is 0 Å². The monoisotopic (exact) mass is 411 g/mol. The van der Waals surface area contributed by atoms with Crippen LogP contribution in [-0.4, -0.2) is 31.4 Å². The standard InChI is InChI=1S/C19H14FN5OS2/c20-14-6-8-15(9-7-14)25-17(13-4-2-1-3-5-13)23-24-19(25)28-12-16(26)22-18-21-10-11-27-18/h1-11H,12H2,(H,21,22,26). The molecule has 0 saturated carbocycles. The maximum Gasteiger partial charge on any atom is 0.236 e. The van der Waals surface area contributed by atoms with E-state index in [4.69, 9.17) is 0 Å². The lowest BCUT2D eigenvalue weighted by Gasteiger charge is -2.10. The number of amides is 1. The van der Waals surface area contributed by atoms with Crippen molar-refractivity contribution in [1.82, 2.24) is 19.7 Å². The molecule has 0 aliphatic rings. The average Bonchev–Trinajstić information content (AvgIpc) is 3.37. The van der Waals surface area contributed by atoms with Crippen LogP contribution in [0.15, 0.2) is 71.3 Å². The van der Waals surface area contributed by atoms with Crippen LogP contribution < -0.4 is 5.32 Å². The highest BCUT2D eigenvalue weighted by atomic mass is 32.2. The van der Waals surface area contributed by atoms with Crippen molar-refractivity contribution in [2.75, 3.05) is 11.1 Å². The summed E-state index contributed by atoms with van der Waals surface area (Å²) in [5.41, 5.74) is 1.59. The zero-order chi connectivity index (χ0) is 19.3. The number of hydrogen-bond donors (Lipinski definition) is 1. The predicted molar refractivity (Wildman–Crippen MR) is 108 cm³/mol. The van der Waals surface area contributed by atoms with Gasteiger partial charge in [-0.05, 0) is 24.3 Å². The Morgan fingerprint density at radius 1 is 1.11 bits per heavy atom. The van der Waals surface area contributed by atoms with Crippen LogP contribution in [0.2, 0.25) is 0 Å². The summed E-state index contributed by atoms with van der Waals surface area (Å²) in [6.07, 6.45) is 1.63. The molecule has 0 saturated heterocycles. The second-order valence-corrected chi connectivity index (χ2v) is 7.50. The molecule has 6 nitrogen and oxygen atoms in total. The van der Waals surface area contributed by atoms with Crippen molar-refractivity contribution in [3.63, 3.8) is 0 Å². The van der Waals surface area contributed by atoms with Gasteiger partial charge in [0.2, 0.25) is 5.91 Å². The third kappa shape index (κ3) is 4.10. The van der Waals surface area contributed by atoms with E-state index in [9.17, 15) is 9.18 Å². The second-order valence-electron chi connectivity index (χ2n) is 5.66. The molecule has 0 fully saturated rings. The maximum atomic E-state index is 13.4. The fraction of sp³-hybridized carbons (Fsp3) is 0.0526. The molecule has 28 heavy (non-hydrogen) atoms. The molecular formula is C19H14FN5OS2. The van der Waals surface area contributed by atoms with Crippen LogP contribution in [0.25, 0.3) is 17.1 Å². The summed E-state index contributed by atoms with van der Waals surface area (Å²) in [5, 5.41) is 14.2. The third-order valence-corrected chi connectivity index (χ3v) is 5.38. The molecule has 0 aliphatic heterocycles. The van der Waals surface area contributed by atoms with Gasteiger partial charge in [-0.2, -0.15) is 0 Å². The minimum absolute atomic E-state index is 0.147. The van der Waals surface area contributed by atoms with Crippen LogP contribution >= 0.6 is 23.1 Å². The Balaban J connectivity index is 1.62. The fourth-order valence-corrected chi connectivity index (χ4v) is 3.83. The Morgan fingerprint density at radius 3 is 2.61 bits per heavy atom. The van der Waals surface area contributed by atoms with Crippen molar-refractivity contribution < 1.29 is 9.18 Å². The molecule has 9 heteroatoms. The van der Waals surface area contributed by atoms with E-state index in [0.29, 0.717) is 21.8 Å². The Kier molecular flexibility index (Phi) is 5.45. The van der Waals surface area contributed by atoms with E-state index in [-0.39, 0.29) is 17.5 Å². The molecule has 2 heterocycles. The number of carbonyl (C=O) groups is 1. The van der Waals surface area contributed by atoms with E-state index in [1.807, 2.05) is 34.9 Å². The van der Waals surface area contributed by atoms with Gasteiger partial charge in [0.05, 0.1) is 5.75 Å². The zero-order valence-corrected chi connectivity index (χ0v) is 16.1. The molecule has 1 N–H and O–H groups in total.